The minimum atomic E-state index is -4.11. The van der Waals surface area contributed by atoms with Crippen molar-refractivity contribution >= 4 is 11.8 Å². The smallest absolute Gasteiger partial charge is 0.316 e. The molecule has 0 heterocycles. The van der Waals surface area contributed by atoms with Crippen LogP contribution < -0.4 is 5.32 Å². The molecule has 1 atom stereocenters. The van der Waals surface area contributed by atoms with E-state index in [2.05, 4.69) is 5.32 Å². The fourth-order valence-electron chi connectivity index (χ4n) is 1.95. The highest BCUT2D eigenvalue weighted by atomic mass is 32.2. The van der Waals surface area contributed by atoms with Gasteiger partial charge in [0.05, 0.1) is 0 Å². The lowest BCUT2D eigenvalue weighted by molar-refractivity contribution is -0.0328. The molecule has 0 aliphatic carbocycles. The second-order valence-corrected chi connectivity index (χ2v) is 5.51. The number of alkyl halides is 3. The molecule has 0 radical (unpaired) electrons. The second-order valence-electron chi connectivity index (χ2n) is 4.35. The Hall–Kier alpha value is -0.680. The van der Waals surface area contributed by atoms with Crippen molar-refractivity contribution in [2.75, 3.05) is 18.8 Å². The molecule has 0 saturated heterocycles. The standard InChI is InChI=1S/C14H20F3NS/c1-2-18-11-13(12-7-4-3-5-8-12)9-6-10-19-14(15,16)17/h3-5,7-8,13,18H,2,6,9-11H2,1H3. The van der Waals surface area contributed by atoms with Crippen molar-refractivity contribution in [2.45, 2.75) is 31.2 Å². The molecule has 1 rings (SSSR count). The highest BCUT2D eigenvalue weighted by Gasteiger charge is 2.27. The van der Waals surface area contributed by atoms with Crippen LogP contribution in [-0.2, 0) is 0 Å². The van der Waals surface area contributed by atoms with Gasteiger partial charge in [-0.25, -0.2) is 0 Å². The monoisotopic (exact) mass is 291 g/mol. The number of thioether (sulfide) groups is 1. The summed E-state index contributed by atoms with van der Waals surface area (Å²) in [5.74, 6) is 0.425. The first-order valence-electron chi connectivity index (χ1n) is 6.49. The van der Waals surface area contributed by atoms with Crippen molar-refractivity contribution in [3.63, 3.8) is 0 Å². The molecular weight excluding hydrogens is 271 g/mol. The van der Waals surface area contributed by atoms with E-state index in [-0.39, 0.29) is 23.4 Å². The van der Waals surface area contributed by atoms with Crippen LogP contribution in [0.4, 0.5) is 13.2 Å². The summed E-state index contributed by atoms with van der Waals surface area (Å²) in [6, 6.07) is 9.97. The van der Waals surface area contributed by atoms with Gasteiger partial charge < -0.3 is 5.32 Å². The summed E-state index contributed by atoms with van der Waals surface area (Å²) < 4.78 is 36.2. The molecule has 1 nitrogen and oxygen atoms in total. The van der Waals surface area contributed by atoms with Crippen LogP contribution in [0.2, 0.25) is 0 Å². The average molecular weight is 291 g/mol. The molecule has 1 unspecified atom stereocenters. The molecule has 1 N–H and O–H groups in total. The van der Waals surface area contributed by atoms with Gasteiger partial charge in [0.15, 0.2) is 0 Å². The number of likely N-dealkylation sites (N-methyl/N-ethyl adjacent to an activating group) is 1. The predicted molar refractivity (Wildman–Crippen MR) is 75.5 cm³/mol. The largest absolute Gasteiger partial charge is 0.441 e. The minimum Gasteiger partial charge on any atom is -0.316 e. The molecule has 0 bridgehead atoms. The SMILES string of the molecule is CCNCC(CCCSC(F)(F)F)c1ccccc1. The van der Waals surface area contributed by atoms with Gasteiger partial charge in [0.2, 0.25) is 0 Å². The Bertz CT molecular complexity index is 340. The van der Waals surface area contributed by atoms with Gasteiger partial charge in [-0.3, -0.25) is 0 Å². The second kappa shape index (κ2) is 8.48. The Labute approximate surface area is 117 Å². The fraction of sp³-hybridized carbons (Fsp3) is 0.571. The quantitative estimate of drug-likeness (QED) is 0.712. The summed E-state index contributed by atoms with van der Waals surface area (Å²) in [4.78, 5) is 0. The van der Waals surface area contributed by atoms with Crippen LogP contribution in [0.25, 0.3) is 0 Å². The lowest BCUT2D eigenvalue weighted by atomic mass is 9.94. The van der Waals surface area contributed by atoms with E-state index in [1.165, 1.54) is 5.56 Å². The highest BCUT2D eigenvalue weighted by Crippen LogP contribution is 2.31. The third-order valence-corrected chi connectivity index (χ3v) is 3.69. The summed E-state index contributed by atoms with van der Waals surface area (Å²) in [5.41, 5.74) is -2.91. The van der Waals surface area contributed by atoms with Gasteiger partial charge in [-0.15, -0.1) is 0 Å². The van der Waals surface area contributed by atoms with Crippen LogP contribution in [-0.4, -0.2) is 24.4 Å². The Balaban J connectivity index is 2.42. The van der Waals surface area contributed by atoms with Crippen molar-refractivity contribution in [2.24, 2.45) is 0 Å². The zero-order valence-electron chi connectivity index (χ0n) is 11.0. The molecule has 0 aliphatic rings. The van der Waals surface area contributed by atoms with E-state index in [4.69, 9.17) is 0 Å². The number of hydrogen-bond acceptors (Lipinski definition) is 2. The fourth-order valence-corrected chi connectivity index (χ4v) is 2.49. The third kappa shape index (κ3) is 7.47. The van der Waals surface area contributed by atoms with Gasteiger partial charge in [0.1, 0.15) is 0 Å². The lowest BCUT2D eigenvalue weighted by Gasteiger charge is -2.18. The Morgan fingerprint density at radius 3 is 2.47 bits per heavy atom. The van der Waals surface area contributed by atoms with Crippen LogP contribution in [0, 0.1) is 0 Å². The Morgan fingerprint density at radius 1 is 1.21 bits per heavy atom. The number of benzene rings is 1. The van der Waals surface area contributed by atoms with E-state index in [1.807, 2.05) is 37.3 Å². The van der Waals surface area contributed by atoms with Crippen molar-refractivity contribution in [1.82, 2.24) is 5.32 Å². The van der Waals surface area contributed by atoms with Crippen LogP contribution in [0.5, 0.6) is 0 Å². The number of hydrogen-bond donors (Lipinski definition) is 1. The van der Waals surface area contributed by atoms with E-state index < -0.39 is 5.51 Å². The molecule has 108 valence electrons. The normalized spacial score (nSPS) is 13.5. The average Bonchev–Trinajstić information content (AvgIpc) is 2.38. The van der Waals surface area contributed by atoms with Crippen LogP contribution in [0.15, 0.2) is 30.3 Å². The van der Waals surface area contributed by atoms with Crippen molar-refractivity contribution in [3.8, 4) is 0 Å². The molecular formula is C14H20F3NS. The maximum absolute atomic E-state index is 12.1. The molecule has 1 aromatic carbocycles. The van der Waals surface area contributed by atoms with Crippen LogP contribution in [0.3, 0.4) is 0 Å². The van der Waals surface area contributed by atoms with Gasteiger partial charge in [-0.2, -0.15) is 13.2 Å². The van der Waals surface area contributed by atoms with E-state index in [0.717, 1.165) is 19.5 Å². The molecule has 0 spiro atoms. The summed E-state index contributed by atoms with van der Waals surface area (Å²) in [7, 11) is 0. The lowest BCUT2D eigenvalue weighted by Crippen LogP contribution is -2.21. The zero-order valence-corrected chi connectivity index (χ0v) is 11.9. The number of nitrogens with one attached hydrogen (secondary N) is 1. The summed E-state index contributed by atoms with van der Waals surface area (Å²) in [5, 5.41) is 3.27. The topological polar surface area (TPSA) is 12.0 Å². The summed E-state index contributed by atoms with van der Waals surface area (Å²) in [6.07, 6.45) is 1.36. The van der Waals surface area contributed by atoms with E-state index in [1.54, 1.807) is 0 Å². The zero-order chi connectivity index (χ0) is 14.1. The molecule has 0 aliphatic heterocycles. The van der Waals surface area contributed by atoms with Gasteiger partial charge >= 0.3 is 5.51 Å². The highest BCUT2D eigenvalue weighted by molar-refractivity contribution is 8.00. The molecule has 5 heteroatoms. The summed E-state index contributed by atoms with van der Waals surface area (Å²) in [6.45, 7) is 3.72. The molecule has 1 aromatic rings. The molecule has 0 amide bonds. The molecule has 0 saturated carbocycles. The van der Waals surface area contributed by atoms with E-state index >= 15 is 0 Å². The maximum atomic E-state index is 12.1. The summed E-state index contributed by atoms with van der Waals surface area (Å²) >= 11 is 0.0742. The minimum absolute atomic E-state index is 0.0742. The van der Waals surface area contributed by atoms with Gasteiger partial charge in [-0.1, -0.05) is 49.0 Å². The first-order valence-corrected chi connectivity index (χ1v) is 7.48. The van der Waals surface area contributed by atoms with E-state index in [9.17, 15) is 13.2 Å². The van der Waals surface area contributed by atoms with Crippen molar-refractivity contribution in [1.29, 1.82) is 0 Å². The molecule has 0 aromatic heterocycles. The molecule has 0 fully saturated rings. The third-order valence-electron chi connectivity index (χ3n) is 2.87. The van der Waals surface area contributed by atoms with Crippen molar-refractivity contribution < 1.29 is 13.2 Å². The van der Waals surface area contributed by atoms with E-state index in [0.29, 0.717) is 6.42 Å². The molecule has 19 heavy (non-hydrogen) atoms. The van der Waals surface area contributed by atoms with Crippen LogP contribution >= 0.6 is 11.8 Å². The van der Waals surface area contributed by atoms with Gasteiger partial charge in [0, 0.05) is 12.3 Å². The Morgan fingerprint density at radius 2 is 1.89 bits per heavy atom. The first-order chi connectivity index (χ1) is 9.03. The van der Waals surface area contributed by atoms with Crippen LogP contribution in [0.1, 0.15) is 31.2 Å². The van der Waals surface area contributed by atoms with Gasteiger partial charge in [0.25, 0.3) is 0 Å². The Kier molecular flexibility index (Phi) is 7.31. The predicted octanol–water partition coefficient (Wildman–Crippen LogP) is 4.41. The van der Waals surface area contributed by atoms with Crippen molar-refractivity contribution in [3.05, 3.63) is 35.9 Å². The first kappa shape index (κ1) is 16.4. The number of halogens is 3. The number of rotatable bonds is 8. The van der Waals surface area contributed by atoms with Gasteiger partial charge in [-0.05, 0) is 30.9 Å². The maximum Gasteiger partial charge on any atom is 0.441 e.